The van der Waals surface area contributed by atoms with E-state index in [4.69, 9.17) is 5.84 Å². The molecule has 1 aromatic rings. The Balaban J connectivity index is 1.95. The van der Waals surface area contributed by atoms with Crippen molar-refractivity contribution in [1.82, 2.24) is 9.97 Å². The lowest BCUT2D eigenvalue weighted by Gasteiger charge is -2.07. The van der Waals surface area contributed by atoms with E-state index in [0.29, 0.717) is 22.7 Å². The second-order valence-corrected chi connectivity index (χ2v) is 5.79. The molecule has 1 aliphatic rings. The highest BCUT2D eigenvalue weighted by Crippen LogP contribution is 2.68. The van der Waals surface area contributed by atoms with E-state index in [0.717, 1.165) is 12.4 Å². The maximum atomic E-state index is 5.27. The third kappa shape index (κ3) is 1.95. The van der Waals surface area contributed by atoms with Gasteiger partial charge in [-0.2, -0.15) is 4.98 Å². The van der Waals surface area contributed by atoms with Crippen molar-refractivity contribution in [3.05, 3.63) is 12.3 Å². The molecule has 0 aromatic carbocycles. The average Bonchev–Trinajstić information content (AvgIpc) is 2.67. The zero-order valence-electron chi connectivity index (χ0n) is 10.9. The van der Waals surface area contributed by atoms with Crippen LogP contribution < -0.4 is 16.6 Å². The van der Waals surface area contributed by atoms with Gasteiger partial charge in [-0.05, 0) is 22.8 Å². The summed E-state index contributed by atoms with van der Waals surface area (Å²) in [5, 5.41) is 3.35. The van der Waals surface area contributed by atoms with Gasteiger partial charge in [0.25, 0.3) is 0 Å². The Morgan fingerprint density at radius 1 is 1.29 bits per heavy atom. The highest BCUT2D eigenvalue weighted by atomic mass is 15.3. The summed E-state index contributed by atoms with van der Waals surface area (Å²) < 4.78 is 0. The van der Waals surface area contributed by atoms with Gasteiger partial charge in [0.05, 0.1) is 0 Å². The minimum absolute atomic E-state index is 0.391. The number of hydrazine groups is 1. The Bertz CT molecular complexity index is 399. The smallest absolute Gasteiger partial charge is 0.239 e. The van der Waals surface area contributed by atoms with Crippen molar-refractivity contribution in [2.75, 3.05) is 17.3 Å². The van der Waals surface area contributed by atoms with E-state index in [1.54, 1.807) is 6.20 Å². The van der Waals surface area contributed by atoms with Crippen LogP contribution in [0.4, 0.5) is 11.8 Å². The van der Waals surface area contributed by atoms with Crippen molar-refractivity contribution in [2.45, 2.75) is 27.7 Å². The zero-order chi connectivity index (χ0) is 12.7. The number of nitrogens with two attached hydrogens (primary N) is 1. The number of hydrogen-bond acceptors (Lipinski definition) is 5. The Kier molecular flexibility index (Phi) is 2.73. The molecule has 0 spiro atoms. The molecule has 1 aromatic heterocycles. The van der Waals surface area contributed by atoms with E-state index in [9.17, 15) is 0 Å². The molecule has 0 bridgehead atoms. The fourth-order valence-electron chi connectivity index (χ4n) is 2.58. The molecule has 0 atom stereocenters. The molecule has 1 aliphatic carbocycles. The number of aromatic nitrogens is 2. The monoisotopic (exact) mass is 235 g/mol. The lowest BCUT2D eigenvalue weighted by atomic mass is 10.0. The second-order valence-electron chi connectivity index (χ2n) is 5.79. The van der Waals surface area contributed by atoms with Crippen LogP contribution in [0, 0.1) is 16.7 Å². The van der Waals surface area contributed by atoms with E-state index in [-0.39, 0.29) is 0 Å². The minimum atomic E-state index is 0.391. The van der Waals surface area contributed by atoms with E-state index in [1.165, 1.54) is 0 Å². The first-order valence-corrected chi connectivity index (χ1v) is 5.93. The van der Waals surface area contributed by atoms with Gasteiger partial charge in [-0.3, -0.25) is 5.43 Å². The quantitative estimate of drug-likeness (QED) is 0.548. The molecule has 0 unspecified atom stereocenters. The molecule has 2 rings (SSSR count). The summed E-state index contributed by atoms with van der Waals surface area (Å²) in [4.78, 5) is 8.20. The van der Waals surface area contributed by atoms with Gasteiger partial charge >= 0.3 is 0 Å². The largest absolute Gasteiger partial charge is 0.370 e. The van der Waals surface area contributed by atoms with E-state index >= 15 is 0 Å². The lowest BCUT2D eigenvalue weighted by Crippen LogP contribution is -2.13. The third-order valence-electron chi connectivity index (χ3n) is 4.59. The van der Waals surface area contributed by atoms with Gasteiger partial charge < -0.3 is 5.32 Å². The molecule has 4 N–H and O–H groups in total. The number of rotatable bonds is 4. The summed E-state index contributed by atoms with van der Waals surface area (Å²) in [6, 6.07) is 1.85. The van der Waals surface area contributed by atoms with Crippen LogP contribution in [0.1, 0.15) is 27.7 Å². The maximum absolute atomic E-state index is 5.27. The number of hydrogen-bond donors (Lipinski definition) is 3. The Morgan fingerprint density at radius 3 is 2.47 bits per heavy atom. The van der Waals surface area contributed by atoms with Crippen LogP contribution >= 0.6 is 0 Å². The topological polar surface area (TPSA) is 75.9 Å². The first-order chi connectivity index (χ1) is 7.89. The number of nitrogen functional groups attached to an aromatic ring is 1. The normalized spacial score (nSPS) is 21.0. The number of nitrogens with one attached hydrogen (secondary N) is 2. The van der Waals surface area contributed by atoms with Gasteiger partial charge in [0.1, 0.15) is 5.82 Å². The highest BCUT2D eigenvalue weighted by molar-refractivity contribution is 5.39. The Labute approximate surface area is 102 Å². The number of nitrogens with zero attached hydrogens (tertiary/aromatic N) is 2. The van der Waals surface area contributed by atoms with Crippen LogP contribution in [-0.2, 0) is 0 Å². The summed E-state index contributed by atoms with van der Waals surface area (Å²) in [7, 11) is 0. The zero-order valence-corrected chi connectivity index (χ0v) is 10.9. The molecule has 0 amide bonds. The van der Waals surface area contributed by atoms with E-state index in [1.807, 2.05) is 6.07 Å². The number of anilines is 2. The Hall–Kier alpha value is -1.36. The van der Waals surface area contributed by atoms with Gasteiger partial charge in [-0.25, -0.2) is 10.8 Å². The fourth-order valence-corrected chi connectivity index (χ4v) is 2.58. The molecule has 0 saturated heterocycles. The molecule has 17 heavy (non-hydrogen) atoms. The maximum Gasteiger partial charge on any atom is 0.239 e. The lowest BCUT2D eigenvalue weighted by molar-refractivity contribution is 0.457. The van der Waals surface area contributed by atoms with Crippen LogP contribution in [-0.4, -0.2) is 16.5 Å². The van der Waals surface area contributed by atoms with Crippen LogP contribution in [0.2, 0.25) is 0 Å². The van der Waals surface area contributed by atoms with Gasteiger partial charge in [0.2, 0.25) is 5.95 Å². The minimum Gasteiger partial charge on any atom is -0.370 e. The summed E-state index contributed by atoms with van der Waals surface area (Å²) in [6.07, 6.45) is 1.69. The van der Waals surface area contributed by atoms with Crippen LogP contribution in [0.5, 0.6) is 0 Å². The standard InChI is InChI=1S/C12H21N5/c1-11(2)8(12(11,3)4)7-15-9-5-6-14-10(16-9)17-13/h5-6,8H,7,13H2,1-4H3,(H2,14,15,16,17). The van der Waals surface area contributed by atoms with Crippen molar-refractivity contribution in [3.8, 4) is 0 Å². The van der Waals surface area contributed by atoms with E-state index < -0.39 is 0 Å². The fraction of sp³-hybridized carbons (Fsp3) is 0.667. The third-order valence-corrected chi connectivity index (χ3v) is 4.59. The summed E-state index contributed by atoms with van der Waals surface area (Å²) in [5.74, 6) is 7.18. The molecule has 0 aliphatic heterocycles. The summed E-state index contributed by atoms with van der Waals surface area (Å²) in [5.41, 5.74) is 3.22. The van der Waals surface area contributed by atoms with Gasteiger partial charge in [0, 0.05) is 12.7 Å². The molecule has 1 fully saturated rings. The predicted octanol–water partition coefficient (Wildman–Crippen LogP) is 1.86. The summed E-state index contributed by atoms with van der Waals surface area (Å²) in [6.45, 7) is 10.2. The van der Waals surface area contributed by atoms with Crippen molar-refractivity contribution in [2.24, 2.45) is 22.6 Å². The first-order valence-electron chi connectivity index (χ1n) is 5.93. The van der Waals surface area contributed by atoms with Crippen LogP contribution in [0.3, 0.4) is 0 Å². The molecule has 0 radical (unpaired) electrons. The highest BCUT2D eigenvalue weighted by Gasteiger charge is 2.64. The van der Waals surface area contributed by atoms with Crippen molar-refractivity contribution in [1.29, 1.82) is 0 Å². The SMILES string of the molecule is CC1(C)C(CNc2ccnc(NN)n2)C1(C)C. The average molecular weight is 235 g/mol. The van der Waals surface area contributed by atoms with Gasteiger partial charge in [-0.15, -0.1) is 0 Å². The Morgan fingerprint density at radius 2 is 1.94 bits per heavy atom. The molecule has 1 saturated carbocycles. The molecule has 5 heteroatoms. The van der Waals surface area contributed by atoms with Crippen LogP contribution in [0.15, 0.2) is 12.3 Å². The van der Waals surface area contributed by atoms with Gasteiger partial charge in [0.15, 0.2) is 0 Å². The van der Waals surface area contributed by atoms with Crippen molar-refractivity contribution in [3.63, 3.8) is 0 Å². The summed E-state index contributed by atoms with van der Waals surface area (Å²) >= 11 is 0. The van der Waals surface area contributed by atoms with Crippen molar-refractivity contribution >= 4 is 11.8 Å². The van der Waals surface area contributed by atoms with E-state index in [2.05, 4.69) is 48.4 Å². The molecule has 1 heterocycles. The first kappa shape index (κ1) is 12.1. The molecular weight excluding hydrogens is 214 g/mol. The van der Waals surface area contributed by atoms with Crippen LogP contribution in [0.25, 0.3) is 0 Å². The molecule has 94 valence electrons. The van der Waals surface area contributed by atoms with Gasteiger partial charge in [-0.1, -0.05) is 27.7 Å². The molecular formula is C12H21N5. The second kappa shape index (κ2) is 3.84. The molecule has 5 nitrogen and oxygen atoms in total. The predicted molar refractivity (Wildman–Crippen MR) is 69.4 cm³/mol. The van der Waals surface area contributed by atoms with Crippen molar-refractivity contribution < 1.29 is 0 Å².